The van der Waals surface area contributed by atoms with Crippen molar-refractivity contribution >= 4 is 40.1 Å². The Hall–Kier alpha value is -1.70. The van der Waals surface area contributed by atoms with Gasteiger partial charge in [0.25, 0.3) is 6.01 Å². The largest absolute Gasteiger partial charge is 0.423 e. The van der Waals surface area contributed by atoms with Gasteiger partial charge in [0, 0.05) is 37.3 Å². The fraction of sp³-hybridized carbons (Fsp3) is 0.333. The highest BCUT2D eigenvalue weighted by atomic mass is 35.5. The van der Waals surface area contributed by atoms with E-state index in [4.69, 9.17) is 16.0 Å². The summed E-state index contributed by atoms with van der Waals surface area (Å²) in [5, 5.41) is 5.92. The highest BCUT2D eigenvalue weighted by molar-refractivity contribution is 7.13. The Balaban J connectivity index is 1.90. The molecule has 3 aromatic rings. The van der Waals surface area contributed by atoms with Gasteiger partial charge in [0.1, 0.15) is 10.5 Å². The van der Waals surface area contributed by atoms with Crippen LogP contribution in [0.3, 0.4) is 0 Å². The van der Waals surface area contributed by atoms with Crippen LogP contribution in [-0.2, 0) is 0 Å². The summed E-state index contributed by atoms with van der Waals surface area (Å²) in [6.07, 6.45) is 1.69. The first kappa shape index (κ1) is 14.9. The SMILES string of the molecule is C[C@H]1CNCCN1c1nc2c(F)c(Cl)cc(-c3nccs3)c2o1. The van der Waals surface area contributed by atoms with Crippen LogP contribution in [0.2, 0.25) is 5.02 Å². The molecule has 0 saturated carbocycles. The van der Waals surface area contributed by atoms with Gasteiger partial charge in [-0.2, -0.15) is 4.98 Å². The molecule has 1 aromatic carbocycles. The topological polar surface area (TPSA) is 54.2 Å². The molecule has 1 N–H and O–H groups in total. The Morgan fingerprint density at radius 2 is 2.39 bits per heavy atom. The highest BCUT2D eigenvalue weighted by Gasteiger charge is 2.26. The molecule has 2 aromatic heterocycles. The summed E-state index contributed by atoms with van der Waals surface area (Å²) in [5.41, 5.74) is 1.22. The molecule has 23 heavy (non-hydrogen) atoms. The number of hydrogen-bond donors (Lipinski definition) is 1. The molecule has 0 amide bonds. The van der Waals surface area contributed by atoms with Crippen LogP contribution in [0.4, 0.5) is 10.4 Å². The molecule has 0 radical (unpaired) electrons. The second kappa shape index (κ2) is 5.74. The lowest BCUT2D eigenvalue weighted by Gasteiger charge is -2.32. The number of piperazine rings is 1. The fourth-order valence-corrected chi connectivity index (χ4v) is 3.62. The van der Waals surface area contributed by atoms with Crippen molar-refractivity contribution < 1.29 is 8.81 Å². The standard InChI is InChI=1S/C15H14ClFN4OS/c1-8-7-18-2-4-21(8)15-20-12-11(17)10(16)6-9(13(12)22-15)14-19-3-5-23-14/h3,5-6,8,18H,2,4,7H2,1H3/t8-/m0/s1. The summed E-state index contributed by atoms with van der Waals surface area (Å²) in [6, 6.07) is 2.19. The van der Waals surface area contributed by atoms with Crippen LogP contribution in [-0.4, -0.2) is 35.6 Å². The van der Waals surface area contributed by atoms with Crippen LogP contribution in [0.25, 0.3) is 21.7 Å². The van der Waals surface area contributed by atoms with E-state index in [2.05, 4.69) is 22.2 Å². The van der Waals surface area contributed by atoms with Crippen LogP contribution in [0.1, 0.15) is 6.92 Å². The number of anilines is 1. The third-order valence-electron chi connectivity index (χ3n) is 3.96. The first-order valence-electron chi connectivity index (χ1n) is 7.31. The Labute approximate surface area is 141 Å². The van der Waals surface area contributed by atoms with Gasteiger partial charge in [-0.15, -0.1) is 11.3 Å². The van der Waals surface area contributed by atoms with Crippen LogP contribution >= 0.6 is 22.9 Å². The second-order valence-electron chi connectivity index (χ2n) is 5.48. The molecule has 1 aliphatic rings. The van der Waals surface area contributed by atoms with Crippen molar-refractivity contribution in [3.05, 3.63) is 28.5 Å². The monoisotopic (exact) mass is 352 g/mol. The third kappa shape index (κ3) is 2.49. The number of nitrogens with one attached hydrogen (secondary N) is 1. The van der Waals surface area contributed by atoms with Crippen molar-refractivity contribution in [2.24, 2.45) is 0 Å². The van der Waals surface area contributed by atoms with Gasteiger partial charge < -0.3 is 14.6 Å². The third-order valence-corrected chi connectivity index (χ3v) is 5.04. The second-order valence-corrected chi connectivity index (χ2v) is 6.78. The average Bonchev–Trinajstić information content (AvgIpc) is 3.21. The summed E-state index contributed by atoms with van der Waals surface area (Å²) in [6.45, 7) is 4.51. The summed E-state index contributed by atoms with van der Waals surface area (Å²) in [4.78, 5) is 10.7. The highest BCUT2D eigenvalue weighted by Crippen LogP contribution is 2.37. The number of benzene rings is 1. The van der Waals surface area contributed by atoms with E-state index in [9.17, 15) is 4.39 Å². The Bertz CT molecular complexity index is 851. The zero-order chi connectivity index (χ0) is 16.0. The van der Waals surface area contributed by atoms with Crippen LogP contribution in [0, 0.1) is 5.82 Å². The minimum absolute atomic E-state index is 0.0240. The minimum Gasteiger partial charge on any atom is -0.423 e. The molecule has 4 rings (SSSR count). The predicted molar refractivity (Wildman–Crippen MR) is 89.8 cm³/mol. The zero-order valence-electron chi connectivity index (χ0n) is 12.3. The van der Waals surface area contributed by atoms with Gasteiger partial charge in [-0.3, -0.25) is 0 Å². The molecule has 0 unspecified atom stereocenters. The maximum Gasteiger partial charge on any atom is 0.298 e. The summed E-state index contributed by atoms with van der Waals surface area (Å²) in [7, 11) is 0. The number of aromatic nitrogens is 2. The van der Waals surface area contributed by atoms with Gasteiger partial charge in [0.15, 0.2) is 11.4 Å². The maximum absolute atomic E-state index is 14.4. The number of thiazole rings is 1. The molecule has 0 spiro atoms. The van der Waals surface area contributed by atoms with Gasteiger partial charge in [-0.05, 0) is 13.0 Å². The summed E-state index contributed by atoms with van der Waals surface area (Å²) >= 11 is 7.48. The molecular weight excluding hydrogens is 339 g/mol. The van der Waals surface area contributed by atoms with Crippen molar-refractivity contribution in [1.29, 1.82) is 0 Å². The fourth-order valence-electron chi connectivity index (χ4n) is 2.77. The lowest BCUT2D eigenvalue weighted by Crippen LogP contribution is -2.50. The van der Waals surface area contributed by atoms with Crippen molar-refractivity contribution in [2.75, 3.05) is 24.5 Å². The first-order valence-corrected chi connectivity index (χ1v) is 8.56. The van der Waals surface area contributed by atoms with E-state index in [1.807, 2.05) is 10.3 Å². The van der Waals surface area contributed by atoms with Gasteiger partial charge in [-0.25, -0.2) is 9.37 Å². The molecule has 1 fully saturated rings. The van der Waals surface area contributed by atoms with E-state index in [1.165, 1.54) is 11.3 Å². The van der Waals surface area contributed by atoms with E-state index in [0.29, 0.717) is 17.2 Å². The van der Waals surface area contributed by atoms with E-state index in [1.54, 1.807) is 12.3 Å². The lowest BCUT2D eigenvalue weighted by atomic mass is 10.2. The summed E-state index contributed by atoms with van der Waals surface area (Å²) < 4.78 is 20.3. The number of halogens is 2. The first-order chi connectivity index (χ1) is 11.1. The van der Waals surface area contributed by atoms with E-state index in [-0.39, 0.29) is 16.6 Å². The van der Waals surface area contributed by atoms with Gasteiger partial charge in [0.2, 0.25) is 0 Å². The maximum atomic E-state index is 14.4. The molecule has 8 heteroatoms. The Morgan fingerprint density at radius 3 is 3.13 bits per heavy atom. The van der Waals surface area contributed by atoms with E-state index < -0.39 is 5.82 Å². The molecule has 120 valence electrons. The number of nitrogens with zero attached hydrogens (tertiary/aromatic N) is 3. The van der Waals surface area contributed by atoms with Crippen LogP contribution in [0.5, 0.6) is 0 Å². The molecule has 1 aliphatic heterocycles. The minimum atomic E-state index is -0.556. The molecular formula is C15H14ClFN4OS. The average molecular weight is 353 g/mol. The van der Waals surface area contributed by atoms with Crippen molar-refractivity contribution in [3.8, 4) is 10.6 Å². The van der Waals surface area contributed by atoms with E-state index >= 15 is 0 Å². The molecule has 3 heterocycles. The number of fused-ring (bicyclic) bond motifs is 1. The molecule has 5 nitrogen and oxygen atoms in total. The van der Waals surface area contributed by atoms with E-state index in [0.717, 1.165) is 24.6 Å². The predicted octanol–water partition coefficient (Wildman–Crippen LogP) is 3.54. The van der Waals surface area contributed by atoms with Gasteiger partial charge in [-0.1, -0.05) is 11.6 Å². The lowest BCUT2D eigenvalue weighted by molar-refractivity contribution is 0.456. The normalized spacial score (nSPS) is 18.7. The Morgan fingerprint density at radius 1 is 1.52 bits per heavy atom. The number of rotatable bonds is 2. The molecule has 0 aliphatic carbocycles. The zero-order valence-corrected chi connectivity index (χ0v) is 13.9. The van der Waals surface area contributed by atoms with Crippen molar-refractivity contribution in [3.63, 3.8) is 0 Å². The van der Waals surface area contributed by atoms with Gasteiger partial charge >= 0.3 is 0 Å². The quantitative estimate of drug-likeness (QED) is 0.764. The van der Waals surface area contributed by atoms with Crippen molar-refractivity contribution in [2.45, 2.75) is 13.0 Å². The summed E-state index contributed by atoms with van der Waals surface area (Å²) in [5.74, 6) is -0.556. The molecule has 1 saturated heterocycles. The number of hydrogen-bond acceptors (Lipinski definition) is 6. The Kier molecular flexibility index (Phi) is 3.71. The van der Waals surface area contributed by atoms with Gasteiger partial charge in [0.05, 0.1) is 10.6 Å². The van der Waals surface area contributed by atoms with Crippen LogP contribution in [0.15, 0.2) is 22.1 Å². The number of oxazole rings is 1. The molecule has 0 bridgehead atoms. The smallest absolute Gasteiger partial charge is 0.298 e. The van der Waals surface area contributed by atoms with Crippen molar-refractivity contribution in [1.82, 2.24) is 15.3 Å². The van der Waals surface area contributed by atoms with Crippen LogP contribution < -0.4 is 10.2 Å². The molecule has 1 atom stereocenters.